The van der Waals surface area contributed by atoms with Gasteiger partial charge in [-0.1, -0.05) is 36.4 Å². The van der Waals surface area contributed by atoms with E-state index in [0.29, 0.717) is 16.9 Å². The third kappa shape index (κ3) is 5.19. The molecule has 0 aliphatic heterocycles. The molecule has 0 radical (unpaired) electrons. The second-order valence-corrected chi connectivity index (χ2v) is 6.96. The molecular formula is C23H23N3O3. The van der Waals surface area contributed by atoms with Crippen LogP contribution in [0, 0.1) is 0 Å². The molecule has 29 heavy (non-hydrogen) atoms. The highest BCUT2D eigenvalue weighted by molar-refractivity contribution is 6.00. The minimum atomic E-state index is -0.301. The number of amides is 3. The van der Waals surface area contributed by atoms with Gasteiger partial charge in [-0.2, -0.15) is 0 Å². The monoisotopic (exact) mass is 389 g/mol. The van der Waals surface area contributed by atoms with Crippen molar-refractivity contribution in [2.75, 3.05) is 10.6 Å². The molecule has 148 valence electrons. The van der Waals surface area contributed by atoms with E-state index in [0.717, 1.165) is 16.3 Å². The summed E-state index contributed by atoms with van der Waals surface area (Å²) < 4.78 is 0. The lowest BCUT2D eigenvalue weighted by Crippen LogP contribution is -2.27. The molecule has 3 aromatic rings. The molecule has 3 aromatic carbocycles. The maximum Gasteiger partial charge on any atom is 0.251 e. The molecule has 0 spiro atoms. The second kappa shape index (κ2) is 8.56. The molecule has 3 amide bonds. The van der Waals surface area contributed by atoms with Crippen LogP contribution in [0.3, 0.4) is 0 Å². The van der Waals surface area contributed by atoms with Crippen molar-refractivity contribution in [2.24, 2.45) is 0 Å². The Morgan fingerprint density at radius 2 is 1.34 bits per heavy atom. The molecule has 6 nitrogen and oxygen atoms in total. The molecule has 0 aliphatic carbocycles. The van der Waals surface area contributed by atoms with Crippen molar-refractivity contribution in [1.82, 2.24) is 5.32 Å². The van der Waals surface area contributed by atoms with Crippen LogP contribution in [0.4, 0.5) is 11.4 Å². The molecule has 3 N–H and O–H groups in total. The lowest BCUT2D eigenvalue weighted by atomic mass is 10.0. The van der Waals surface area contributed by atoms with E-state index < -0.39 is 0 Å². The third-order valence-electron chi connectivity index (χ3n) is 4.46. The van der Waals surface area contributed by atoms with Crippen LogP contribution in [-0.2, 0) is 9.59 Å². The number of benzene rings is 3. The molecule has 0 fully saturated rings. The fourth-order valence-corrected chi connectivity index (χ4v) is 3.15. The van der Waals surface area contributed by atoms with E-state index in [1.807, 2.05) is 43.3 Å². The van der Waals surface area contributed by atoms with E-state index in [-0.39, 0.29) is 23.8 Å². The topological polar surface area (TPSA) is 87.3 Å². The van der Waals surface area contributed by atoms with E-state index in [1.165, 1.54) is 13.8 Å². The fourth-order valence-electron chi connectivity index (χ4n) is 3.15. The van der Waals surface area contributed by atoms with Gasteiger partial charge in [0.15, 0.2) is 0 Å². The van der Waals surface area contributed by atoms with Crippen LogP contribution in [0.1, 0.15) is 42.7 Å². The number of anilines is 2. The Morgan fingerprint density at radius 1 is 0.759 bits per heavy atom. The van der Waals surface area contributed by atoms with Crippen molar-refractivity contribution in [3.8, 4) is 0 Å². The highest BCUT2D eigenvalue weighted by Crippen LogP contribution is 2.23. The van der Waals surface area contributed by atoms with Gasteiger partial charge in [0.25, 0.3) is 5.91 Å². The number of nitrogens with one attached hydrogen (secondary N) is 3. The zero-order chi connectivity index (χ0) is 21.0. The van der Waals surface area contributed by atoms with Crippen molar-refractivity contribution >= 4 is 39.9 Å². The average Bonchev–Trinajstić information content (AvgIpc) is 2.66. The largest absolute Gasteiger partial charge is 0.346 e. The van der Waals surface area contributed by atoms with E-state index in [4.69, 9.17) is 0 Å². The van der Waals surface area contributed by atoms with E-state index in [1.54, 1.807) is 18.2 Å². The summed E-state index contributed by atoms with van der Waals surface area (Å²) >= 11 is 0. The first kappa shape index (κ1) is 20.1. The van der Waals surface area contributed by atoms with Crippen LogP contribution in [-0.4, -0.2) is 17.7 Å². The van der Waals surface area contributed by atoms with Crippen LogP contribution >= 0.6 is 0 Å². The summed E-state index contributed by atoms with van der Waals surface area (Å²) in [6.45, 7) is 4.67. The molecule has 0 saturated heterocycles. The molecule has 0 aromatic heterocycles. The minimum absolute atomic E-state index is 0.222. The maximum atomic E-state index is 12.8. The summed E-state index contributed by atoms with van der Waals surface area (Å²) in [6.07, 6.45) is 0. The highest BCUT2D eigenvalue weighted by atomic mass is 16.2. The first-order valence-corrected chi connectivity index (χ1v) is 9.31. The number of rotatable bonds is 5. The van der Waals surface area contributed by atoms with Gasteiger partial charge in [0.2, 0.25) is 11.8 Å². The smallest absolute Gasteiger partial charge is 0.251 e. The Kier molecular flexibility index (Phi) is 5.93. The lowest BCUT2D eigenvalue weighted by Gasteiger charge is -2.16. The highest BCUT2D eigenvalue weighted by Gasteiger charge is 2.14. The molecular weight excluding hydrogens is 366 g/mol. The predicted octanol–water partition coefficient (Wildman–Crippen LogP) is 4.25. The number of hydrogen-bond acceptors (Lipinski definition) is 3. The summed E-state index contributed by atoms with van der Waals surface area (Å²) in [7, 11) is 0. The van der Waals surface area contributed by atoms with Crippen LogP contribution in [0.25, 0.3) is 10.8 Å². The van der Waals surface area contributed by atoms with E-state index in [2.05, 4.69) is 22.0 Å². The molecule has 0 heterocycles. The van der Waals surface area contributed by atoms with Crippen LogP contribution in [0.15, 0.2) is 60.7 Å². The van der Waals surface area contributed by atoms with Gasteiger partial charge in [0.1, 0.15) is 0 Å². The molecule has 0 aliphatic rings. The third-order valence-corrected chi connectivity index (χ3v) is 4.46. The predicted molar refractivity (Wildman–Crippen MR) is 115 cm³/mol. The Hall–Kier alpha value is -3.67. The first-order chi connectivity index (χ1) is 13.8. The lowest BCUT2D eigenvalue weighted by molar-refractivity contribution is -0.115. The van der Waals surface area contributed by atoms with Crippen molar-refractivity contribution < 1.29 is 14.4 Å². The number of carbonyl (C=O) groups excluding carboxylic acids is 3. The summed E-state index contributed by atoms with van der Waals surface area (Å²) in [5, 5.41) is 10.5. The summed E-state index contributed by atoms with van der Waals surface area (Å²) in [4.78, 5) is 35.6. The van der Waals surface area contributed by atoms with Crippen LogP contribution in [0.2, 0.25) is 0 Å². The molecule has 1 atom stereocenters. The van der Waals surface area contributed by atoms with Crippen LogP contribution < -0.4 is 16.0 Å². The van der Waals surface area contributed by atoms with Gasteiger partial charge in [-0.05, 0) is 47.5 Å². The van der Waals surface area contributed by atoms with Crippen LogP contribution in [0.5, 0.6) is 0 Å². The van der Waals surface area contributed by atoms with Crippen molar-refractivity contribution in [3.05, 3.63) is 71.8 Å². The average molecular weight is 389 g/mol. The van der Waals surface area contributed by atoms with Gasteiger partial charge in [-0.15, -0.1) is 0 Å². The fraction of sp³-hybridized carbons (Fsp3) is 0.174. The van der Waals surface area contributed by atoms with Crippen molar-refractivity contribution in [2.45, 2.75) is 26.8 Å². The zero-order valence-electron chi connectivity index (χ0n) is 16.6. The Bertz CT molecular complexity index is 1060. The van der Waals surface area contributed by atoms with Gasteiger partial charge in [-0.25, -0.2) is 0 Å². The van der Waals surface area contributed by atoms with Gasteiger partial charge in [0, 0.05) is 30.8 Å². The summed E-state index contributed by atoms with van der Waals surface area (Å²) in [5.74, 6) is -0.828. The SMILES string of the molecule is CC(=O)Nc1cc(NC(C)=O)cc(C(=O)NC(C)c2ccc3ccccc3c2)c1. The quantitative estimate of drug-likeness (QED) is 0.610. The first-order valence-electron chi connectivity index (χ1n) is 9.31. The number of carbonyl (C=O) groups is 3. The standard InChI is InChI=1S/C23H23N3O3/c1-14(18-9-8-17-6-4-5-7-19(17)10-18)24-23(29)20-11-21(25-15(2)27)13-22(12-20)26-16(3)28/h4-14H,1-3H3,(H,24,29)(H,25,27)(H,26,28). The minimum Gasteiger partial charge on any atom is -0.346 e. The molecule has 0 bridgehead atoms. The number of fused-ring (bicyclic) bond motifs is 1. The van der Waals surface area contributed by atoms with E-state index >= 15 is 0 Å². The zero-order valence-corrected chi connectivity index (χ0v) is 16.6. The molecule has 3 rings (SSSR count). The van der Waals surface area contributed by atoms with Gasteiger partial charge in [-0.3, -0.25) is 14.4 Å². The van der Waals surface area contributed by atoms with Crippen molar-refractivity contribution in [1.29, 1.82) is 0 Å². The van der Waals surface area contributed by atoms with E-state index in [9.17, 15) is 14.4 Å². The molecule has 1 unspecified atom stereocenters. The molecule has 6 heteroatoms. The second-order valence-electron chi connectivity index (χ2n) is 6.96. The van der Waals surface area contributed by atoms with Gasteiger partial charge in [0.05, 0.1) is 6.04 Å². The van der Waals surface area contributed by atoms with Gasteiger partial charge < -0.3 is 16.0 Å². The maximum absolute atomic E-state index is 12.8. The Morgan fingerprint density at radius 3 is 1.93 bits per heavy atom. The normalized spacial score (nSPS) is 11.6. The Labute approximate surface area is 169 Å². The summed E-state index contributed by atoms with van der Waals surface area (Å²) in [6, 6.07) is 18.6. The summed E-state index contributed by atoms with van der Waals surface area (Å²) in [5.41, 5.74) is 2.20. The van der Waals surface area contributed by atoms with Crippen molar-refractivity contribution in [3.63, 3.8) is 0 Å². The molecule has 0 saturated carbocycles. The Balaban J connectivity index is 1.84. The number of hydrogen-bond donors (Lipinski definition) is 3. The van der Waals surface area contributed by atoms with Gasteiger partial charge >= 0.3 is 0 Å².